The van der Waals surface area contributed by atoms with E-state index in [-0.39, 0.29) is 0 Å². The zero-order valence-electron chi connectivity index (χ0n) is 19.2. The van der Waals surface area contributed by atoms with Gasteiger partial charge in [0.15, 0.2) is 0 Å². The molecule has 0 heterocycles. The van der Waals surface area contributed by atoms with Gasteiger partial charge in [-0.25, -0.2) is 0 Å². The highest BCUT2D eigenvalue weighted by molar-refractivity contribution is 5.13. The van der Waals surface area contributed by atoms with Gasteiger partial charge in [0.25, 0.3) is 0 Å². The number of hydrogen-bond donors (Lipinski definition) is 0. The molecule has 5 rings (SSSR count). The fourth-order valence-corrected chi connectivity index (χ4v) is 9.23. The highest BCUT2D eigenvalue weighted by atomic mass is 14.7. The van der Waals surface area contributed by atoms with E-state index < -0.39 is 0 Å². The van der Waals surface area contributed by atoms with Crippen LogP contribution in [-0.2, 0) is 0 Å². The normalized spacial score (nSPS) is 59.4. The van der Waals surface area contributed by atoms with Crippen LogP contribution in [0.15, 0.2) is 0 Å². The second-order valence-corrected chi connectivity index (χ2v) is 12.8. The molecule has 11 atom stereocenters. The third-order valence-corrected chi connectivity index (χ3v) is 11.5. The molecular formula is C26H46. The van der Waals surface area contributed by atoms with Gasteiger partial charge in [0.2, 0.25) is 0 Å². The maximum atomic E-state index is 2.65. The van der Waals surface area contributed by atoms with E-state index in [1.807, 2.05) is 0 Å². The van der Waals surface area contributed by atoms with Crippen LogP contribution in [-0.4, -0.2) is 0 Å². The maximum Gasteiger partial charge on any atom is -0.0243 e. The molecule has 0 saturated heterocycles. The average Bonchev–Trinajstić information content (AvgIpc) is 2.67. The fraction of sp³-hybridized carbons (Fsp3) is 1.00. The molecule has 0 aromatic carbocycles. The Morgan fingerprint density at radius 1 is 0.692 bits per heavy atom. The van der Waals surface area contributed by atoms with Crippen molar-refractivity contribution in [1.29, 1.82) is 0 Å². The van der Waals surface area contributed by atoms with E-state index in [9.17, 15) is 0 Å². The van der Waals surface area contributed by atoms with E-state index in [2.05, 4.69) is 62.3 Å². The number of fused-ring (bicyclic) bond motifs is 3. The predicted molar refractivity (Wildman–Crippen MR) is 113 cm³/mol. The summed E-state index contributed by atoms with van der Waals surface area (Å²) >= 11 is 0. The summed E-state index contributed by atoms with van der Waals surface area (Å²) < 4.78 is 0. The summed E-state index contributed by atoms with van der Waals surface area (Å²) in [6.07, 6.45) is 5.98. The summed E-state index contributed by atoms with van der Waals surface area (Å²) in [5.41, 5.74) is 1.09. The van der Waals surface area contributed by atoms with Crippen molar-refractivity contribution in [2.45, 2.75) is 88.0 Å². The molecular weight excluding hydrogens is 312 g/mol. The third kappa shape index (κ3) is 2.38. The molecule has 5 aliphatic rings. The quantitative estimate of drug-likeness (QED) is 0.489. The minimum atomic E-state index is 0.511. The monoisotopic (exact) mass is 358 g/mol. The van der Waals surface area contributed by atoms with Crippen molar-refractivity contribution in [2.24, 2.45) is 75.9 Å². The van der Waals surface area contributed by atoms with Gasteiger partial charge in [0, 0.05) is 0 Å². The van der Waals surface area contributed by atoms with Gasteiger partial charge in [-0.1, -0.05) is 62.3 Å². The first kappa shape index (κ1) is 19.3. The summed E-state index contributed by atoms with van der Waals surface area (Å²) in [5, 5.41) is 0. The van der Waals surface area contributed by atoms with Gasteiger partial charge in [0.05, 0.1) is 0 Å². The zero-order chi connectivity index (χ0) is 19.2. The van der Waals surface area contributed by atoms with E-state index in [1.165, 1.54) is 25.7 Å². The third-order valence-electron chi connectivity index (χ3n) is 11.5. The lowest BCUT2D eigenvalue weighted by molar-refractivity contribution is -0.150. The predicted octanol–water partition coefficient (Wildman–Crippen LogP) is 7.53. The van der Waals surface area contributed by atoms with Gasteiger partial charge >= 0.3 is 0 Å². The van der Waals surface area contributed by atoms with Crippen LogP contribution in [0, 0.1) is 75.9 Å². The molecule has 2 bridgehead atoms. The molecule has 26 heavy (non-hydrogen) atoms. The molecule has 0 amide bonds. The molecule has 150 valence electrons. The van der Waals surface area contributed by atoms with Gasteiger partial charge in [-0.05, 0) is 102 Å². The Morgan fingerprint density at radius 2 is 1.31 bits per heavy atom. The SMILES string of the molecule is CC1CC(C(C2C(C)CC2C)C2C(C)CC(C)(C)C3(C)CC2C3C)C1C. The second-order valence-electron chi connectivity index (χ2n) is 12.8. The summed E-state index contributed by atoms with van der Waals surface area (Å²) in [6, 6.07) is 0. The lowest BCUT2D eigenvalue weighted by atomic mass is 9.41. The van der Waals surface area contributed by atoms with Gasteiger partial charge in [-0.15, -0.1) is 0 Å². The van der Waals surface area contributed by atoms with Crippen LogP contribution in [0.4, 0.5) is 0 Å². The van der Waals surface area contributed by atoms with E-state index in [1.54, 1.807) is 0 Å². The molecule has 0 N–H and O–H groups in total. The summed E-state index contributed by atoms with van der Waals surface area (Å²) in [4.78, 5) is 0. The molecule has 0 heteroatoms. The van der Waals surface area contributed by atoms with Crippen molar-refractivity contribution in [3.63, 3.8) is 0 Å². The smallest absolute Gasteiger partial charge is 0.0243 e. The first-order chi connectivity index (χ1) is 12.0. The summed E-state index contributed by atoms with van der Waals surface area (Å²) in [7, 11) is 0. The Bertz CT molecular complexity index is 538. The minimum Gasteiger partial charge on any atom is -0.0622 e. The standard InChI is InChI=1S/C26H46/c1-14-11-20(18(14)5)24(22-15(2)10-16(22)3)23-17(4)12-25(7,8)26(9)13-21(23)19(26)6/h14-24H,10-13H2,1-9H3. The molecule has 0 aliphatic heterocycles. The topological polar surface area (TPSA) is 0 Å². The van der Waals surface area contributed by atoms with Crippen LogP contribution >= 0.6 is 0 Å². The van der Waals surface area contributed by atoms with Gasteiger partial charge in [-0.2, -0.15) is 0 Å². The summed E-state index contributed by atoms with van der Waals surface area (Å²) in [5.74, 6) is 10.8. The first-order valence-corrected chi connectivity index (χ1v) is 12.0. The largest absolute Gasteiger partial charge is 0.0622 e. The minimum absolute atomic E-state index is 0.511. The van der Waals surface area contributed by atoms with E-state index >= 15 is 0 Å². The molecule has 11 unspecified atom stereocenters. The Morgan fingerprint density at radius 3 is 1.77 bits per heavy atom. The maximum absolute atomic E-state index is 2.65. The van der Waals surface area contributed by atoms with Crippen LogP contribution in [0.2, 0.25) is 0 Å². The first-order valence-electron chi connectivity index (χ1n) is 12.0. The number of rotatable bonds is 3. The highest BCUT2D eigenvalue weighted by Gasteiger charge is 2.64. The lowest BCUT2D eigenvalue weighted by Gasteiger charge is -2.63. The van der Waals surface area contributed by atoms with Crippen molar-refractivity contribution in [3.8, 4) is 0 Å². The molecule has 5 saturated carbocycles. The second kappa shape index (κ2) is 6.00. The van der Waals surface area contributed by atoms with E-state index in [0.717, 1.165) is 65.1 Å². The van der Waals surface area contributed by atoms with Gasteiger partial charge in [-0.3, -0.25) is 0 Å². The van der Waals surface area contributed by atoms with Crippen LogP contribution in [0.3, 0.4) is 0 Å². The highest BCUT2D eigenvalue weighted by Crippen LogP contribution is 2.71. The molecule has 0 aromatic heterocycles. The fourth-order valence-electron chi connectivity index (χ4n) is 9.23. The molecule has 5 fully saturated rings. The Balaban J connectivity index is 1.69. The molecule has 0 aromatic rings. The average molecular weight is 359 g/mol. The Hall–Kier alpha value is 0. The van der Waals surface area contributed by atoms with Gasteiger partial charge in [0.1, 0.15) is 0 Å². The molecule has 5 aliphatic carbocycles. The number of hydrogen-bond acceptors (Lipinski definition) is 0. The van der Waals surface area contributed by atoms with Crippen molar-refractivity contribution >= 4 is 0 Å². The Kier molecular flexibility index (Phi) is 4.46. The lowest BCUT2D eigenvalue weighted by Crippen LogP contribution is -2.57. The molecule has 0 nitrogen and oxygen atoms in total. The Labute approximate surface area is 164 Å². The molecule has 0 spiro atoms. The van der Waals surface area contributed by atoms with Crippen LogP contribution in [0.5, 0.6) is 0 Å². The van der Waals surface area contributed by atoms with Crippen LogP contribution in [0.1, 0.15) is 88.0 Å². The van der Waals surface area contributed by atoms with E-state index in [0.29, 0.717) is 10.8 Å². The molecule has 0 radical (unpaired) electrons. The van der Waals surface area contributed by atoms with Crippen molar-refractivity contribution < 1.29 is 0 Å². The van der Waals surface area contributed by atoms with E-state index in [4.69, 9.17) is 0 Å². The van der Waals surface area contributed by atoms with Crippen LogP contribution in [0.25, 0.3) is 0 Å². The van der Waals surface area contributed by atoms with Gasteiger partial charge < -0.3 is 0 Å². The van der Waals surface area contributed by atoms with Crippen LogP contribution < -0.4 is 0 Å². The van der Waals surface area contributed by atoms with Crippen molar-refractivity contribution in [1.82, 2.24) is 0 Å². The van der Waals surface area contributed by atoms with Crippen molar-refractivity contribution in [3.05, 3.63) is 0 Å². The summed E-state index contributed by atoms with van der Waals surface area (Å²) in [6.45, 7) is 23.3. The van der Waals surface area contributed by atoms with Crippen molar-refractivity contribution in [2.75, 3.05) is 0 Å². The zero-order valence-corrected chi connectivity index (χ0v) is 19.2.